The summed E-state index contributed by atoms with van der Waals surface area (Å²) in [6, 6.07) is 13.5. The van der Waals surface area contributed by atoms with E-state index in [2.05, 4.69) is 20.7 Å². The molecule has 0 saturated carbocycles. The van der Waals surface area contributed by atoms with Gasteiger partial charge in [-0.1, -0.05) is 18.2 Å². The summed E-state index contributed by atoms with van der Waals surface area (Å²) in [5, 5.41) is 12.8. The minimum absolute atomic E-state index is 0.304. The number of aromatic nitrogens is 2. The lowest BCUT2D eigenvalue weighted by atomic mass is 10.2. The van der Waals surface area contributed by atoms with Crippen LogP contribution in [-0.4, -0.2) is 36.4 Å². The number of rotatable bonds is 5. The second-order valence-corrected chi connectivity index (χ2v) is 6.28. The zero-order chi connectivity index (χ0) is 16.9. The summed E-state index contributed by atoms with van der Waals surface area (Å²) < 4.78 is 0. The Labute approximate surface area is 143 Å². The van der Waals surface area contributed by atoms with Crippen molar-refractivity contribution >= 4 is 29.1 Å². The second kappa shape index (κ2) is 7.10. The van der Waals surface area contributed by atoms with Gasteiger partial charge in [0.15, 0.2) is 5.69 Å². The Bertz CT molecular complexity index is 834. The largest absolute Gasteiger partial charge is 0.378 e. The Morgan fingerprint density at radius 3 is 2.75 bits per heavy atom. The van der Waals surface area contributed by atoms with Crippen molar-refractivity contribution in [3.05, 3.63) is 59.1 Å². The van der Waals surface area contributed by atoms with Crippen molar-refractivity contribution in [3.63, 3.8) is 0 Å². The van der Waals surface area contributed by atoms with E-state index in [0.717, 1.165) is 21.8 Å². The van der Waals surface area contributed by atoms with E-state index in [1.165, 1.54) is 0 Å². The number of H-pyrrole nitrogens is 1. The summed E-state index contributed by atoms with van der Waals surface area (Å²) >= 11 is 1.58. The molecule has 122 valence electrons. The van der Waals surface area contributed by atoms with E-state index in [0.29, 0.717) is 5.69 Å². The fraction of sp³-hybridized carbons (Fsp3) is 0.118. The maximum atomic E-state index is 12.1. The summed E-state index contributed by atoms with van der Waals surface area (Å²) in [5.74, 6) is -0.352. The second-order valence-electron chi connectivity index (χ2n) is 5.33. The highest BCUT2D eigenvalue weighted by Gasteiger charge is 2.11. The number of nitrogens with one attached hydrogen (secondary N) is 2. The third-order valence-electron chi connectivity index (χ3n) is 3.39. The molecule has 0 unspecified atom stereocenters. The fourth-order valence-corrected chi connectivity index (χ4v) is 2.77. The van der Waals surface area contributed by atoms with Gasteiger partial charge in [-0.3, -0.25) is 9.89 Å². The summed E-state index contributed by atoms with van der Waals surface area (Å²) in [6.07, 6.45) is 1.60. The lowest BCUT2D eigenvalue weighted by Crippen LogP contribution is -2.18. The SMILES string of the molecule is CN(C)c1ccc(/C=N/NC(=O)c2cc(-c3cccs3)[nH]n2)cc1. The van der Waals surface area contributed by atoms with Gasteiger partial charge in [0.2, 0.25) is 0 Å². The Morgan fingerprint density at radius 1 is 1.29 bits per heavy atom. The molecule has 0 bridgehead atoms. The van der Waals surface area contributed by atoms with E-state index < -0.39 is 0 Å². The molecule has 6 nitrogen and oxygen atoms in total. The normalized spacial score (nSPS) is 10.9. The van der Waals surface area contributed by atoms with Gasteiger partial charge in [-0.2, -0.15) is 10.2 Å². The molecule has 0 radical (unpaired) electrons. The molecule has 0 aliphatic carbocycles. The Hall–Kier alpha value is -2.93. The zero-order valence-electron chi connectivity index (χ0n) is 13.4. The Balaban J connectivity index is 1.61. The Kier molecular flexibility index (Phi) is 4.72. The Morgan fingerprint density at radius 2 is 2.08 bits per heavy atom. The number of hydrogen-bond donors (Lipinski definition) is 2. The highest BCUT2D eigenvalue weighted by molar-refractivity contribution is 7.13. The van der Waals surface area contributed by atoms with Crippen molar-refractivity contribution in [1.29, 1.82) is 0 Å². The molecule has 3 aromatic rings. The molecule has 0 saturated heterocycles. The number of carbonyl (C=O) groups is 1. The first-order valence-corrected chi connectivity index (χ1v) is 8.21. The van der Waals surface area contributed by atoms with E-state index in [9.17, 15) is 4.79 Å². The van der Waals surface area contributed by atoms with Crippen molar-refractivity contribution < 1.29 is 4.79 Å². The maximum Gasteiger partial charge on any atom is 0.291 e. The molecule has 3 rings (SSSR count). The first-order chi connectivity index (χ1) is 11.6. The maximum absolute atomic E-state index is 12.1. The number of hydrogen-bond acceptors (Lipinski definition) is 5. The lowest BCUT2D eigenvalue weighted by molar-refractivity contribution is 0.0950. The number of aromatic amines is 1. The lowest BCUT2D eigenvalue weighted by Gasteiger charge is -2.11. The van der Waals surface area contributed by atoms with Crippen LogP contribution in [0.4, 0.5) is 5.69 Å². The third-order valence-corrected chi connectivity index (χ3v) is 4.29. The zero-order valence-corrected chi connectivity index (χ0v) is 14.2. The standard InChI is InChI=1S/C17H17N5OS/c1-22(2)13-7-5-12(6-8-13)11-18-21-17(23)15-10-14(19-20-15)16-4-3-9-24-16/h3-11H,1-2H3,(H,19,20)(H,21,23)/b18-11+. The van der Waals surface area contributed by atoms with Crippen LogP contribution in [0.2, 0.25) is 0 Å². The highest BCUT2D eigenvalue weighted by Crippen LogP contribution is 2.22. The smallest absolute Gasteiger partial charge is 0.291 e. The fourth-order valence-electron chi connectivity index (χ4n) is 2.08. The van der Waals surface area contributed by atoms with E-state index >= 15 is 0 Å². The van der Waals surface area contributed by atoms with E-state index in [1.54, 1.807) is 23.6 Å². The molecule has 2 N–H and O–H groups in total. The van der Waals surface area contributed by atoms with Gasteiger partial charge in [-0.05, 0) is 35.2 Å². The molecular formula is C17H17N5OS. The first-order valence-electron chi connectivity index (χ1n) is 7.33. The van der Waals surface area contributed by atoms with Crippen molar-refractivity contribution in [2.75, 3.05) is 19.0 Å². The average molecular weight is 339 g/mol. The van der Waals surface area contributed by atoms with Crippen molar-refractivity contribution in [3.8, 4) is 10.6 Å². The van der Waals surface area contributed by atoms with Crippen LogP contribution in [0.25, 0.3) is 10.6 Å². The number of nitrogens with zero attached hydrogens (tertiary/aromatic N) is 3. The van der Waals surface area contributed by atoms with Crippen molar-refractivity contribution in [1.82, 2.24) is 15.6 Å². The summed E-state index contributed by atoms with van der Waals surface area (Å²) in [7, 11) is 3.97. The van der Waals surface area contributed by atoms with Crippen molar-refractivity contribution in [2.24, 2.45) is 5.10 Å². The first kappa shape index (κ1) is 15.9. The van der Waals surface area contributed by atoms with Crippen LogP contribution in [0.3, 0.4) is 0 Å². The number of amides is 1. The van der Waals surface area contributed by atoms with Crippen LogP contribution in [-0.2, 0) is 0 Å². The molecular weight excluding hydrogens is 322 g/mol. The highest BCUT2D eigenvalue weighted by atomic mass is 32.1. The quantitative estimate of drug-likeness (QED) is 0.554. The van der Waals surface area contributed by atoms with Gasteiger partial charge in [-0.15, -0.1) is 11.3 Å². The summed E-state index contributed by atoms with van der Waals surface area (Å²) in [5.41, 5.74) is 5.62. The van der Waals surface area contributed by atoms with Gasteiger partial charge < -0.3 is 4.90 Å². The van der Waals surface area contributed by atoms with Gasteiger partial charge in [0.1, 0.15) is 0 Å². The third kappa shape index (κ3) is 3.69. The monoisotopic (exact) mass is 339 g/mol. The van der Waals surface area contributed by atoms with Gasteiger partial charge in [0, 0.05) is 19.8 Å². The van der Waals surface area contributed by atoms with Gasteiger partial charge in [0.05, 0.1) is 16.8 Å². The summed E-state index contributed by atoms with van der Waals surface area (Å²) in [4.78, 5) is 15.1. The molecule has 0 aliphatic rings. The van der Waals surface area contributed by atoms with Gasteiger partial charge >= 0.3 is 0 Å². The molecule has 7 heteroatoms. The molecule has 0 atom stereocenters. The minimum Gasteiger partial charge on any atom is -0.378 e. The summed E-state index contributed by atoms with van der Waals surface area (Å²) in [6.45, 7) is 0. The average Bonchev–Trinajstić information content (AvgIpc) is 3.26. The van der Waals surface area contributed by atoms with Crippen LogP contribution in [0, 0.1) is 0 Å². The van der Waals surface area contributed by atoms with Crippen LogP contribution < -0.4 is 10.3 Å². The van der Waals surface area contributed by atoms with Gasteiger partial charge in [-0.25, -0.2) is 5.43 Å². The molecule has 2 aromatic heterocycles. The van der Waals surface area contributed by atoms with Crippen LogP contribution in [0.15, 0.2) is 52.9 Å². The number of anilines is 1. The molecule has 0 fully saturated rings. The predicted molar refractivity (Wildman–Crippen MR) is 97.7 cm³/mol. The van der Waals surface area contributed by atoms with E-state index in [-0.39, 0.29) is 5.91 Å². The van der Waals surface area contributed by atoms with E-state index in [4.69, 9.17) is 0 Å². The van der Waals surface area contributed by atoms with Crippen LogP contribution >= 0.6 is 11.3 Å². The molecule has 2 heterocycles. The van der Waals surface area contributed by atoms with Gasteiger partial charge in [0.25, 0.3) is 5.91 Å². The molecule has 0 aliphatic heterocycles. The van der Waals surface area contributed by atoms with E-state index in [1.807, 2.05) is 60.8 Å². The van der Waals surface area contributed by atoms with Crippen LogP contribution in [0.1, 0.15) is 16.1 Å². The number of benzene rings is 1. The molecule has 1 aromatic carbocycles. The van der Waals surface area contributed by atoms with Crippen LogP contribution in [0.5, 0.6) is 0 Å². The molecule has 1 amide bonds. The number of thiophene rings is 1. The number of carbonyl (C=O) groups excluding carboxylic acids is 1. The minimum atomic E-state index is -0.352. The topological polar surface area (TPSA) is 73.4 Å². The van der Waals surface area contributed by atoms with Crippen molar-refractivity contribution in [2.45, 2.75) is 0 Å². The number of hydrazone groups is 1. The molecule has 24 heavy (non-hydrogen) atoms. The molecule has 0 spiro atoms. The predicted octanol–water partition coefficient (Wildman–Crippen LogP) is 2.97.